The van der Waals surface area contributed by atoms with E-state index in [1.807, 2.05) is 35.8 Å². The number of para-hydroxylation sites is 2. The van der Waals surface area contributed by atoms with E-state index in [4.69, 9.17) is 4.74 Å². The van der Waals surface area contributed by atoms with Crippen LogP contribution in [-0.2, 0) is 12.8 Å². The third kappa shape index (κ3) is 2.56. The Hall–Kier alpha value is -2.01. The van der Waals surface area contributed by atoms with Crippen LogP contribution in [0, 0.1) is 0 Å². The fraction of sp³-hybridized carbons (Fsp3) is 0.214. The molecule has 3 rings (SSSR count). The SMILES string of the molecule is COc1nc2ccccc2nc1CCc1nccs1. The predicted octanol–water partition coefficient (Wildman–Crippen LogP) is 2.88. The third-order valence-corrected chi connectivity index (χ3v) is 3.70. The Morgan fingerprint density at radius 3 is 2.58 bits per heavy atom. The summed E-state index contributed by atoms with van der Waals surface area (Å²) < 4.78 is 5.33. The number of thiazole rings is 1. The van der Waals surface area contributed by atoms with Crippen molar-refractivity contribution in [2.75, 3.05) is 7.11 Å². The Morgan fingerprint density at radius 1 is 1.11 bits per heavy atom. The number of methoxy groups -OCH3 is 1. The number of benzene rings is 1. The first kappa shape index (κ1) is 12.0. The highest BCUT2D eigenvalue weighted by atomic mass is 32.1. The van der Waals surface area contributed by atoms with Crippen LogP contribution < -0.4 is 4.74 Å². The van der Waals surface area contributed by atoms with Gasteiger partial charge in [-0.25, -0.2) is 15.0 Å². The maximum Gasteiger partial charge on any atom is 0.235 e. The standard InChI is InChI=1S/C14H13N3OS/c1-18-14-12(6-7-13-15-8-9-19-13)16-10-4-2-3-5-11(10)17-14/h2-5,8-9H,6-7H2,1H3. The van der Waals surface area contributed by atoms with Crippen LogP contribution in [0.25, 0.3) is 11.0 Å². The number of rotatable bonds is 4. The monoisotopic (exact) mass is 271 g/mol. The highest BCUT2D eigenvalue weighted by Gasteiger charge is 2.09. The molecule has 0 aliphatic rings. The molecule has 0 aliphatic heterocycles. The summed E-state index contributed by atoms with van der Waals surface area (Å²) in [5.41, 5.74) is 2.64. The lowest BCUT2D eigenvalue weighted by Gasteiger charge is -2.07. The summed E-state index contributed by atoms with van der Waals surface area (Å²) >= 11 is 1.66. The molecule has 1 aromatic carbocycles. The lowest BCUT2D eigenvalue weighted by atomic mass is 10.2. The van der Waals surface area contributed by atoms with E-state index in [2.05, 4.69) is 15.0 Å². The van der Waals surface area contributed by atoms with Gasteiger partial charge in [0.25, 0.3) is 0 Å². The van der Waals surface area contributed by atoms with E-state index in [9.17, 15) is 0 Å². The van der Waals surface area contributed by atoms with Crippen molar-refractivity contribution in [2.45, 2.75) is 12.8 Å². The van der Waals surface area contributed by atoms with Crippen molar-refractivity contribution < 1.29 is 4.74 Å². The molecule has 4 nitrogen and oxygen atoms in total. The summed E-state index contributed by atoms with van der Waals surface area (Å²) in [6, 6.07) is 7.82. The van der Waals surface area contributed by atoms with Crippen molar-refractivity contribution in [1.82, 2.24) is 15.0 Å². The van der Waals surface area contributed by atoms with Crippen LogP contribution in [0.5, 0.6) is 5.88 Å². The molecular formula is C14H13N3OS. The fourth-order valence-electron chi connectivity index (χ4n) is 1.95. The van der Waals surface area contributed by atoms with Crippen molar-refractivity contribution in [3.05, 3.63) is 46.5 Å². The van der Waals surface area contributed by atoms with Crippen LogP contribution >= 0.6 is 11.3 Å². The van der Waals surface area contributed by atoms with E-state index in [0.717, 1.165) is 34.6 Å². The van der Waals surface area contributed by atoms with Crippen LogP contribution in [0.15, 0.2) is 35.8 Å². The molecule has 0 amide bonds. The van der Waals surface area contributed by atoms with Gasteiger partial charge in [-0.2, -0.15) is 0 Å². The Balaban J connectivity index is 1.92. The lowest BCUT2D eigenvalue weighted by molar-refractivity contribution is 0.391. The molecular weight excluding hydrogens is 258 g/mol. The van der Waals surface area contributed by atoms with E-state index in [1.54, 1.807) is 18.4 Å². The van der Waals surface area contributed by atoms with E-state index in [1.165, 1.54) is 0 Å². The Morgan fingerprint density at radius 2 is 1.89 bits per heavy atom. The zero-order chi connectivity index (χ0) is 13.1. The van der Waals surface area contributed by atoms with Crippen LogP contribution in [0.3, 0.4) is 0 Å². The predicted molar refractivity (Wildman–Crippen MR) is 75.6 cm³/mol. The lowest BCUT2D eigenvalue weighted by Crippen LogP contribution is -2.01. The van der Waals surface area contributed by atoms with Crippen molar-refractivity contribution in [3.8, 4) is 5.88 Å². The number of hydrogen-bond donors (Lipinski definition) is 0. The summed E-state index contributed by atoms with van der Waals surface area (Å²) in [4.78, 5) is 13.4. The summed E-state index contributed by atoms with van der Waals surface area (Å²) in [6.45, 7) is 0. The first-order chi connectivity index (χ1) is 9.36. The van der Waals surface area contributed by atoms with Crippen LogP contribution in [0.1, 0.15) is 10.7 Å². The quantitative estimate of drug-likeness (QED) is 0.732. The number of ether oxygens (including phenoxy) is 1. The third-order valence-electron chi connectivity index (χ3n) is 2.86. The van der Waals surface area contributed by atoms with Gasteiger partial charge in [0.2, 0.25) is 5.88 Å². The zero-order valence-electron chi connectivity index (χ0n) is 10.5. The summed E-state index contributed by atoms with van der Waals surface area (Å²) in [5, 5.41) is 3.09. The van der Waals surface area contributed by atoms with Crippen molar-refractivity contribution in [1.29, 1.82) is 0 Å². The van der Waals surface area contributed by atoms with Crippen LogP contribution in [0.2, 0.25) is 0 Å². The van der Waals surface area contributed by atoms with Gasteiger partial charge < -0.3 is 4.74 Å². The molecule has 0 unspecified atom stereocenters. The van der Waals surface area contributed by atoms with E-state index < -0.39 is 0 Å². The number of hydrogen-bond acceptors (Lipinski definition) is 5. The first-order valence-electron chi connectivity index (χ1n) is 6.05. The number of aryl methyl sites for hydroxylation is 2. The highest BCUT2D eigenvalue weighted by molar-refractivity contribution is 7.09. The molecule has 3 aromatic rings. The molecule has 0 N–H and O–H groups in total. The van der Waals surface area contributed by atoms with Gasteiger partial charge in [0.05, 0.1) is 23.2 Å². The van der Waals surface area contributed by atoms with Gasteiger partial charge >= 0.3 is 0 Å². The van der Waals surface area contributed by atoms with Crippen LogP contribution in [0.4, 0.5) is 0 Å². The second-order valence-corrected chi connectivity index (χ2v) is 5.07. The van der Waals surface area contributed by atoms with Gasteiger partial charge in [-0.05, 0) is 12.1 Å². The minimum atomic E-state index is 0.607. The molecule has 19 heavy (non-hydrogen) atoms. The van der Waals surface area contributed by atoms with Gasteiger partial charge in [-0.1, -0.05) is 12.1 Å². The molecule has 0 saturated heterocycles. The minimum absolute atomic E-state index is 0.607. The average Bonchev–Trinajstić information content (AvgIpc) is 2.97. The molecule has 0 radical (unpaired) electrons. The maximum absolute atomic E-state index is 5.33. The zero-order valence-corrected chi connectivity index (χ0v) is 11.4. The molecule has 96 valence electrons. The number of nitrogens with zero attached hydrogens (tertiary/aromatic N) is 3. The summed E-state index contributed by atoms with van der Waals surface area (Å²) in [5.74, 6) is 0.607. The largest absolute Gasteiger partial charge is 0.480 e. The van der Waals surface area contributed by atoms with Gasteiger partial charge in [0.1, 0.15) is 5.69 Å². The molecule has 0 saturated carbocycles. The summed E-state index contributed by atoms with van der Waals surface area (Å²) in [6.07, 6.45) is 3.47. The van der Waals surface area contributed by atoms with Crippen molar-refractivity contribution in [2.24, 2.45) is 0 Å². The number of fused-ring (bicyclic) bond motifs is 1. The number of aromatic nitrogens is 3. The normalized spacial score (nSPS) is 10.8. The van der Waals surface area contributed by atoms with Crippen molar-refractivity contribution in [3.63, 3.8) is 0 Å². The molecule has 2 aromatic heterocycles. The second-order valence-electron chi connectivity index (χ2n) is 4.09. The van der Waals surface area contributed by atoms with E-state index >= 15 is 0 Å². The first-order valence-corrected chi connectivity index (χ1v) is 6.93. The maximum atomic E-state index is 5.33. The topological polar surface area (TPSA) is 47.9 Å². The Kier molecular flexibility index (Phi) is 3.37. The second kappa shape index (κ2) is 5.32. The molecule has 2 heterocycles. The Labute approximate surface area is 115 Å². The molecule has 5 heteroatoms. The molecule has 0 bridgehead atoms. The van der Waals surface area contributed by atoms with Crippen LogP contribution in [-0.4, -0.2) is 22.1 Å². The fourth-order valence-corrected chi connectivity index (χ4v) is 2.57. The smallest absolute Gasteiger partial charge is 0.235 e. The summed E-state index contributed by atoms with van der Waals surface area (Å²) in [7, 11) is 1.63. The Bertz CT molecular complexity index is 682. The molecule has 0 fully saturated rings. The minimum Gasteiger partial charge on any atom is -0.480 e. The van der Waals surface area contributed by atoms with Gasteiger partial charge in [-0.3, -0.25) is 0 Å². The highest BCUT2D eigenvalue weighted by Crippen LogP contribution is 2.20. The van der Waals surface area contributed by atoms with Gasteiger partial charge in [-0.15, -0.1) is 11.3 Å². The van der Waals surface area contributed by atoms with Gasteiger partial charge in [0.15, 0.2) is 0 Å². The molecule has 0 spiro atoms. The van der Waals surface area contributed by atoms with Crippen molar-refractivity contribution >= 4 is 22.4 Å². The molecule has 0 aliphatic carbocycles. The van der Waals surface area contributed by atoms with E-state index in [-0.39, 0.29) is 0 Å². The van der Waals surface area contributed by atoms with Gasteiger partial charge in [0, 0.05) is 24.4 Å². The average molecular weight is 271 g/mol. The van der Waals surface area contributed by atoms with E-state index in [0.29, 0.717) is 5.88 Å². The molecule has 0 atom stereocenters.